The maximum Gasteiger partial charge on any atom is 0.104 e. The summed E-state index contributed by atoms with van der Waals surface area (Å²) in [6, 6.07) is 13.6. The molecule has 0 radical (unpaired) electrons. The van der Waals surface area contributed by atoms with E-state index < -0.39 is 8.80 Å². The van der Waals surface area contributed by atoms with Gasteiger partial charge in [-0.05, 0) is 12.8 Å². The Hall–Kier alpha value is -0.683. The van der Waals surface area contributed by atoms with Gasteiger partial charge in [0.15, 0.2) is 0 Å². The minimum Gasteiger partial charge on any atom is -0.385 e. The maximum absolute atomic E-state index is 5.64. The lowest BCUT2D eigenvalue weighted by molar-refractivity contribution is 0.117. The third-order valence-electron chi connectivity index (χ3n) is 3.72. The Balaban J connectivity index is 1.69. The molecule has 0 amide bonds. The summed E-state index contributed by atoms with van der Waals surface area (Å²) in [4.78, 5) is 0. The largest absolute Gasteiger partial charge is 0.385 e. The van der Waals surface area contributed by atoms with Crippen LogP contribution in [-0.4, -0.2) is 48.4 Å². The van der Waals surface area contributed by atoms with Crippen molar-refractivity contribution in [3.05, 3.63) is 30.3 Å². The van der Waals surface area contributed by atoms with Crippen molar-refractivity contribution < 1.29 is 14.2 Å². The summed E-state index contributed by atoms with van der Waals surface area (Å²) in [5.74, 6) is 0. The molecule has 1 aromatic carbocycles. The van der Waals surface area contributed by atoms with Gasteiger partial charge in [0.1, 0.15) is 6.10 Å². The topological polar surface area (TPSA) is 31.0 Å². The molecule has 2 unspecified atom stereocenters. The molecule has 1 aliphatic rings. The van der Waals surface area contributed by atoms with Crippen molar-refractivity contribution in [3.8, 4) is 0 Å². The van der Waals surface area contributed by atoms with Gasteiger partial charge in [-0.2, -0.15) is 0 Å². The summed E-state index contributed by atoms with van der Waals surface area (Å²) in [5.41, 5.74) is 0. The zero-order valence-electron chi connectivity index (χ0n) is 12.4. The number of ether oxygens (including phenoxy) is 3. The molecule has 1 fully saturated rings. The molecule has 2 rings (SSSR count). The molecule has 0 bridgehead atoms. The summed E-state index contributed by atoms with van der Waals surface area (Å²) >= 11 is 0. The zero-order chi connectivity index (χ0) is 14.0. The monoisotopic (exact) mass is 294 g/mol. The Kier molecular flexibility index (Phi) is 7.29. The van der Waals surface area contributed by atoms with E-state index >= 15 is 0 Å². The van der Waals surface area contributed by atoms with Crippen LogP contribution < -0.4 is 5.19 Å². The van der Waals surface area contributed by atoms with Gasteiger partial charge >= 0.3 is 0 Å². The number of methoxy groups -OCH3 is 1. The maximum atomic E-state index is 5.64. The van der Waals surface area contributed by atoms with Crippen LogP contribution in [0.3, 0.4) is 0 Å². The van der Waals surface area contributed by atoms with Crippen LogP contribution in [0.25, 0.3) is 0 Å². The molecule has 2 atom stereocenters. The van der Waals surface area contributed by atoms with Crippen LogP contribution >= 0.6 is 0 Å². The molecule has 112 valence electrons. The van der Waals surface area contributed by atoms with Crippen LogP contribution in [-0.2, 0) is 14.2 Å². The van der Waals surface area contributed by atoms with E-state index in [-0.39, 0.29) is 0 Å². The average Bonchev–Trinajstić information content (AvgIpc) is 3.30. The first-order valence-corrected chi connectivity index (χ1v) is 9.84. The van der Waals surface area contributed by atoms with Gasteiger partial charge in [-0.1, -0.05) is 47.6 Å². The smallest absolute Gasteiger partial charge is 0.104 e. The molecular weight excluding hydrogens is 268 g/mol. The lowest BCUT2D eigenvalue weighted by Gasteiger charge is -2.15. The number of hydrogen-bond acceptors (Lipinski definition) is 3. The van der Waals surface area contributed by atoms with Crippen LogP contribution in [0.5, 0.6) is 0 Å². The van der Waals surface area contributed by atoms with Crippen LogP contribution in [0.15, 0.2) is 30.3 Å². The lowest BCUT2D eigenvalue weighted by atomic mass is 10.4. The Morgan fingerprint density at radius 3 is 2.50 bits per heavy atom. The highest BCUT2D eigenvalue weighted by Gasteiger charge is 2.22. The van der Waals surface area contributed by atoms with Gasteiger partial charge in [0.05, 0.1) is 22.0 Å². The van der Waals surface area contributed by atoms with Crippen molar-refractivity contribution in [3.63, 3.8) is 0 Å². The van der Waals surface area contributed by atoms with E-state index in [9.17, 15) is 0 Å². The summed E-state index contributed by atoms with van der Waals surface area (Å²) in [5, 5.41) is 1.58. The quantitative estimate of drug-likeness (QED) is 0.355. The van der Waals surface area contributed by atoms with Gasteiger partial charge in [-0.3, -0.25) is 0 Å². The normalized spacial score (nSPS) is 18.9. The fourth-order valence-electron chi connectivity index (χ4n) is 2.49. The number of rotatable bonds is 11. The molecule has 1 heterocycles. The van der Waals surface area contributed by atoms with E-state index in [4.69, 9.17) is 14.2 Å². The van der Waals surface area contributed by atoms with E-state index in [1.165, 1.54) is 24.9 Å². The summed E-state index contributed by atoms with van der Waals surface area (Å²) in [6.45, 7) is 3.42. The zero-order valence-corrected chi connectivity index (χ0v) is 13.6. The van der Waals surface area contributed by atoms with Crippen molar-refractivity contribution in [2.75, 3.05) is 33.5 Å². The fraction of sp³-hybridized carbons (Fsp3) is 0.625. The molecule has 1 saturated heterocycles. The van der Waals surface area contributed by atoms with Gasteiger partial charge in [-0.15, -0.1) is 0 Å². The number of hydrogen-bond donors (Lipinski definition) is 0. The van der Waals surface area contributed by atoms with Gasteiger partial charge in [0, 0.05) is 20.3 Å². The number of benzene rings is 1. The highest BCUT2D eigenvalue weighted by Crippen LogP contribution is 2.11. The summed E-state index contributed by atoms with van der Waals surface area (Å²) in [7, 11) is 0.918. The molecule has 0 aliphatic carbocycles. The minimum atomic E-state index is -0.867. The van der Waals surface area contributed by atoms with Crippen LogP contribution in [0, 0.1) is 0 Å². The van der Waals surface area contributed by atoms with Crippen molar-refractivity contribution in [2.24, 2.45) is 0 Å². The minimum absolute atomic E-state index is 0.388. The second-order valence-electron chi connectivity index (χ2n) is 5.42. The standard InChI is InChI=1S/C16H26O3Si/c1-17-9-5-11-20(16-7-3-2-4-8-16)12-6-10-18-13-15-14-19-15/h2-4,7-8,15,20H,5-6,9-14H2,1H3. The molecule has 0 spiro atoms. The van der Waals surface area contributed by atoms with Gasteiger partial charge in [0.2, 0.25) is 0 Å². The number of epoxide rings is 1. The van der Waals surface area contributed by atoms with Crippen molar-refractivity contribution in [1.82, 2.24) is 0 Å². The van der Waals surface area contributed by atoms with Crippen molar-refractivity contribution >= 4 is 14.0 Å². The molecule has 1 aromatic rings. The molecule has 4 heteroatoms. The Morgan fingerprint density at radius 1 is 1.15 bits per heavy atom. The SMILES string of the molecule is COCCC[SiH](CCCOCC1CO1)c1ccccc1. The van der Waals surface area contributed by atoms with E-state index in [1.807, 2.05) is 0 Å². The molecule has 20 heavy (non-hydrogen) atoms. The van der Waals surface area contributed by atoms with Crippen LogP contribution in [0.4, 0.5) is 0 Å². The molecule has 0 N–H and O–H groups in total. The molecular formula is C16H26O3Si. The average molecular weight is 294 g/mol. The Morgan fingerprint density at radius 2 is 1.85 bits per heavy atom. The molecule has 1 aliphatic heterocycles. The van der Waals surface area contributed by atoms with E-state index in [0.717, 1.165) is 26.4 Å². The van der Waals surface area contributed by atoms with Crippen LogP contribution in [0.1, 0.15) is 12.8 Å². The van der Waals surface area contributed by atoms with Crippen molar-refractivity contribution in [1.29, 1.82) is 0 Å². The first-order chi connectivity index (χ1) is 9.90. The second-order valence-corrected chi connectivity index (χ2v) is 8.63. The second kappa shape index (κ2) is 9.29. The molecule has 0 saturated carbocycles. The van der Waals surface area contributed by atoms with Gasteiger partial charge in [-0.25, -0.2) is 0 Å². The van der Waals surface area contributed by atoms with Crippen LogP contribution in [0.2, 0.25) is 12.1 Å². The first kappa shape index (κ1) is 15.7. The van der Waals surface area contributed by atoms with Crippen molar-refractivity contribution in [2.45, 2.75) is 31.0 Å². The highest BCUT2D eigenvalue weighted by atomic mass is 28.3. The third-order valence-corrected chi connectivity index (χ3v) is 7.26. The lowest BCUT2D eigenvalue weighted by Crippen LogP contribution is -2.30. The van der Waals surface area contributed by atoms with E-state index in [1.54, 1.807) is 12.3 Å². The van der Waals surface area contributed by atoms with E-state index in [2.05, 4.69) is 30.3 Å². The molecule has 3 nitrogen and oxygen atoms in total. The third kappa shape index (κ3) is 6.18. The first-order valence-electron chi connectivity index (χ1n) is 7.63. The van der Waals surface area contributed by atoms with Gasteiger partial charge < -0.3 is 14.2 Å². The highest BCUT2D eigenvalue weighted by molar-refractivity contribution is 6.73. The fourth-order valence-corrected chi connectivity index (χ4v) is 5.53. The molecule has 0 aromatic heterocycles. The summed E-state index contributed by atoms with van der Waals surface area (Å²) < 4.78 is 16.0. The van der Waals surface area contributed by atoms with Gasteiger partial charge in [0.25, 0.3) is 0 Å². The predicted octanol–water partition coefficient (Wildman–Crippen LogP) is 1.96. The summed E-state index contributed by atoms with van der Waals surface area (Å²) in [6.07, 6.45) is 2.74. The Labute approximate surface area is 123 Å². The van der Waals surface area contributed by atoms with E-state index in [0.29, 0.717) is 6.10 Å². The Bertz CT molecular complexity index is 354. The predicted molar refractivity (Wildman–Crippen MR) is 84.5 cm³/mol.